The smallest absolute Gasteiger partial charge is 0.319 e. The fourth-order valence-electron chi connectivity index (χ4n) is 2.03. The maximum Gasteiger partial charge on any atom is 0.319 e. The number of hydrogen-bond donors (Lipinski definition) is 1. The molecule has 2 aromatic carbocycles. The maximum atomic E-state index is 12.0. The van der Waals surface area contributed by atoms with Crippen molar-refractivity contribution in [3.63, 3.8) is 0 Å². The third-order valence-corrected chi connectivity index (χ3v) is 4.47. The number of aryl methyl sites for hydroxylation is 1. The second-order valence-electron chi connectivity index (χ2n) is 5.28. The zero-order valence-corrected chi connectivity index (χ0v) is 14.6. The predicted molar refractivity (Wildman–Crippen MR) is 97.2 cm³/mol. The summed E-state index contributed by atoms with van der Waals surface area (Å²) in [7, 11) is 0. The number of thioether (sulfide) groups is 1. The van der Waals surface area contributed by atoms with Crippen LogP contribution in [0.4, 0.5) is 5.69 Å². The molecule has 5 heteroatoms. The monoisotopic (exact) mass is 343 g/mol. The summed E-state index contributed by atoms with van der Waals surface area (Å²) < 4.78 is 5.08. The molecule has 1 N–H and O–H groups in total. The van der Waals surface area contributed by atoms with Crippen LogP contribution in [0.15, 0.2) is 59.5 Å². The first-order chi connectivity index (χ1) is 11.6. The minimum atomic E-state index is -0.402. The van der Waals surface area contributed by atoms with Crippen LogP contribution in [-0.2, 0) is 20.7 Å². The molecular formula is C19H21NO3S. The number of hydrogen-bond acceptors (Lipinski definition) is 4. The molecule has 0 heterocycles. The number of carbonyl (C=O) groups excluding carboxylic acids is 2. The number of ether oxygens (including phenoxy) is 1. The summed E-state index contributed by atoms with van der Waals surface area (Å²) >= 11 is 1.41. The molecular weight excluding hydrogens is 322 g/mol. The number of esters is 1. The Morgan fingerprint density at radius 3 is 2.38 bits per heavy atom. The number of nitrogens with one attached hydrogen (secondary N) is 1. The van der Waals surface area contributed by atoms with Crippen LogP contribution in [0.1, 0.15) is 19.4 Å². The molecule has 0 radical (unpaired) electrons. The minimum Gasteiger partial charge on any atom is -0.455 e. The Labute approximate surface area is 146 Å². The summed E-state index contributed by atoms with van der Waals surface area (Å²) in [6, 6.07) is 17.2. The van der Waals surface area contributed by atoms with Crippen LogP contribution < -0.4 is 5.32 Å². The van der Waals surface area contributed by atoms with Gasteiger partial charge in [-0.1, -0.05) is 37.3 Å². The topological polar surface area (TPSA) is 55.4 Å². The number of benzene rings is 2. The molecule has 0 unspecified atom stereocenters. The Morgan fingerprint density at radius 1 is 1.08 bits per heavy atom. The van der Waals surface area contributed by atoms with Crippen molar-refractivity contribution in [1.29, 1.82) is 0 Å². The van der Waals surface area contributed by atoms with Crippen molar-refractivity contribution in [2.75, 3.05) is 11.9 Å². The quantitative estimate of drug-likeness (QED) is 0.612. The van der Waals surface area contributed by atoms with Crippen LogP contribution in [0.2, 0.25) is 0 Å². The molecule has 0 aliphatic carbocycles. The van der Waals surface area contributed by atoms with E-state index in [-0.39, 0.29) is 17.8 Å². The molecule has 2 rings (SSSR count). The van der Waals surface area contributed by atoms with Gasteiger partial charge in [-0.2, -0.15) is 0 Å². The maximum absolute atomic E-state index is 12.0. The molecule has 0 aliphatic rings. The van der Waals surface area contributed by atoms with Crippen molar-refractivity contribution in [3.05, 3.63) is 60.2 Å². The summed E-state index contributed by atoms with van der Waals surface area (Å²) in [5, 5.41) is 2.34. The van der Waals surface area contributed by atoms with Gasteiger partial charge in [-0.05, 0) is 43.2 Å². The molecule has 1 atom stereocenters. The highest BCUT2D eigenvalue weighted by Gasteiger charge is 2.17. The van der Waals surface area contributed by atoms with E-state index in [0.717, 1.165) is 11.3 Å². The molecule has 0 fully saturated rings. The number of anilines is 1. The van der Waals surface area contributed by atoms with Crippen molar-refractivity contribution in [2.24, 2.45) is 0 Å². The van der Waals surface area contributed by atoms with E-state index in [1.54, 1.807) is 6.92 Å². The fourth-order valence-corrected chi connectivity index (χ4v) is 2.91. The normalized spacial score (nSPS) is 11.6. The van der Waals surface area contributed by atoms with Crippen molar-refractivity contribution in [1.82, 2.24) is 0 Å². The molecule has 0 bridgehead atoms. The van der Waals surface area contributed by atoms with Gasteiger partial charge in [-0.3, -0.25) is 9.59 Å². The van der Waals surface area contributed by atoms with Crippen molar-refractivity contribution in [3.8, 4) is 0 Å². The molecule has 126 valence electrons. The lowest BCUT2D eigenvalue weighted by Gasteiger charge is -2.11. The van der Waals surface area contributed by atoms with E-state index < -0.39 is 5.97 Å². The Bertz CT molecular complexity index is 671. The number of carbonyl (C=O) groups is 2. The molecule has 0 aliphatic heterocycles. The van der Waals surface area contributed by atoms with E-state index >= 15 is 0 Å². The first-order valence-electron chi connectivity index (χ1n) is 7.85. The average Bonchev–Trinajstić information content (AvgIpc) is 2.61. The van der Waals surface area contributed by atoms with Gasteiger partial charge in [-0.15, -0.1) is 11.8 Å². The Kier molecular flexibility index (Phi) is 6.88. The molecule has 0 aromatic heterocycles. The largest absolute Gasteiger partial charge is 0.455 e. The summed E-state index contributed by atoms with van der Waals surface area (Å²) in [6.07, 6.45) is 0.947. The van der Waals surface area contributed by atoms with E-state index in [1.165, 1.54) is 17.3 Å². The number of amides is 1. The highest BCUT2D eigenvalue weighted by molar-refractivity contribution is 8.00. The zero-order valence-electron chi connectivity index (χ0n) is 13.8. The van der Waals surface area contributed by atoms with E-state index in [4.69, 9.17) is 4.74 Å². The Morgan fingerprint density at radius 2 is 1.75 bits per heavy atom. The van der Waals surface area contributed by atoms with Gasteiger partial charge >= 0.3 is 5.97 Å². The van der Waals surface area contributed by atoms with E-state index in [2.05, 4.69) is 12.2 Å². The molecule has 2 aromatic rings. The SMILES string of the molecule is CCc1ccc(NC(=O)COC(=O)[C@H](C)Sc2ccccc2)cc1. The predicted octanol–water partition coefficient (Wildman–Crippen LogP) is 3.91. The Balaban J connectivity index is 1.76. The van der Waals surface area contributed by atoms with Crippen LogP contribution in [0.3, 0.4) is 0 Å². The van der Waals surface area contributed by atoms with Gasteiger partial charge in [0.25, 0.3) is 5.91 Å². The van der Waals surface area contributed by atoms with Gasteiger partial charge in [0, 0.05) is 10.6 Å². The van der Waals surface area contributed by atoms with Crippen LogP contribution in [-0.4, -0.2) is 23.7 Å². The van der Waals surface area contributed by atoms with Crippen molar-refractivity contribution in [2.45, 2.75) is 30.4 Å². The minimum absolute atomic E-state index is 0.284. The zero-order chi connectivity index (χ0) is 17.4. The highest BCUT2D eigenvalue weighted by Crippen LogP contribution is 2.23. The second kappa shape index (κ2) is 9.13. The van der Waals surface area contributed by atoms with Crippen molar-refractivity contribution >= 4 is 29.3 Å². The van der Waals surface area contributed by atoms with Gasteiger partial charge in [-0.25, -0.2) is 0 Å². The molecule has 0 spiro atoms. The van der Waals surface area contributed by atoms with E-state index in [9.17, 15) is 9.59 Å². The van der Waals surface area contributed by atoms with Gasteiger partial charge in [0.1, 0.15) is 5.25 Å². The van der Waals surface area contributed by atoms with Crippen LogP contribution >= 0.6 is 11.8 Å². The summed E-state index contributed by atoms with van der Waals surface area (Å²) in [4.78, 5) is 24.8. The summed E-state index contributed by atoms with van der Waals surface area (Å²) in [5.41, 5.74) is 1.89. The first kappa shape index (κ1) is 18.1. The standard InChI is InChI=1S/C19H21NO3S/c1-3-15-9-11-16(12-10-15)20-18(21)13-23-19(22)14(2)24-17-7-5-4-6-8-17/h4-12,14H,3,13H2,1-2H3,(H,20,21)/t14-/m0/s1. The molecule has 0 saturated heterocycles. The van der Waals surface area contributed by atoms with Gasteiger partial charge < -0.3 is 10.1 Å². The average molecular weight is 343 g/mol. The molecule has 0 saturated carbocycles. The lowest BCUT2D eigenvalue weighted by Crippen LogP contribution is -2.24. The van der Waals surface area contributed by atoms with Crippen LogP contribution in [0.25, 0.3) is 0 Å². The van der Waals surface area contributed by atoms with Gasteiger partial charge in [0.05, 0.1) is 0 Å². The van der Waals surface area contributed by atoms with Crippen LogP contribution in [0, 0.1) is 0 Å². The van der Waals surface area contributed by atoms with Crippen LogP contribution in [0.5, 0.6) is 0 Å². The second-order valence-corrected chi connectivity index (χ2v) is 6.69. The highest BCUT2D eigenvalue weighted by atomic mass is 32.2. The van der Waals surface area contributed by atoms with E-state index in [0.29, 0.717) is 5.69 Å². The molecule has 1 amide bonds. The summed E-state index contributed by atoms with van der Waals surface area (Å²) in [6.45, 7) is 3.55. The first-order valence-corrected chi connectivity index (χ1v) is 8.73. The molecule has 24 heavy (non-hydrogen) atoms. The Hall–Kier alpha value is -2.27. The van der Waals surface area contributed by atoms with Gasteiger partial charge in [0.15, 0.2) is 6.61 Å². The molecule has 4 nitrogen and oxygen atoms in total. The summed E-state index contributed by atoms with van der Waals surface area (Å²) in [5.74, 6) is -0.746. The fraction of sp³-hybridized carbons (Fsp3) is 0.263. The lowest BCUT2D eigenvalue weighted by molar-refractivity contribution is -0.146. The van der Waals surface area contributed by atoms with E-state index in [1.807, 2.05) is 54.6 Å². The number of rotatable bonds is 7. The van der Waals surface area contributed by atoms with Gasteiger partial charge in [0.2, 0.25) is 0 Å². The van der Waals surface area contributed by atoms with Crippen molar-refractivity contribution < 1.29 is 14.3 Å². The third-order valence-electron chi connectivity index (χ3n) is 3.38. The third kappa shape index (κ3) is 5.74. The lowest BCUT2D eigenvalue weighted by atomic mass is 10.1.